The summed E-state index contributed by atoms with van der Waals surface area (Å²) in [5.41, 5.74) is 0. The number of imidazole rings is 1. The molecule has 100 valence electrons. The highest BCUT2D eigenvalue weighted by molar-refractivity contribution is 5.00. The number of rotatable bonds is 4. The first-order valence-electron chi connectivity index (χ1n) is 7.13. The minimum atomic E-state index is 0.527. The fourth-order valence-electron chi connectivity index (χ4n) is 3.02. The maximum Gasteiger partial charge on any atom is 0.123 e. The van der Waals surface area contributed by atoms with Crippen molar-refractivity contribution in [1.82, 2.24) is 24.2 Å². The van der Waals surface area contributed by atoms with Gasteiger partial charge in [0.05, 0.1) is 12.6 Å². The molecule has 0 bridgehead atoms. The molecule has 1 saturated carbocycles. The third kappa shape index (κ3) is 2.18. The molecule has 0 N–H and O–H groups in total. The molecule has 2 fully saturated rings. The van der Waals surface area contributed by atoms with Gasteiger partial charge in [-0.15, -0.1) is 0 Å². The molecule has 1 saturated heterocycles. The highest BCUT2D eigenvalue weighted by Crippen LogP contribution is 2.36. The fraction of sp³-hybridized carbons (Fsp3) is 0.571. The summed E-state index contributed by atoms with van der Waals surface area (Å²) in [5.74, 6) is 1.23. The zero-order valence-electron chi connectivity index (χ0n) is 11.0. The second kappa shape index (κ2) is 4.49. The van der Waals surface area contributed by atoms with Crippen molar-refractivity contribution in [2.75, 3.05) is 13.1 Å². The SMILES string of the molecule is c1cnn(C2CCN(Cc3nccn3C3CC3)C2)c1. The Balaban J connectivity index is 1.42. The molecule has 0 spiro atoms. The van der Waals surface area contributed by atoms with Crippen LogP contribution in [-0.2, 0) is 6.54 Å². The second-order valence-corrected chi connectivity index (χ2v) is 5.65. The Morgan fingerprint density at radius 1 is 1.11 bits per heavy atom. The summed E-state index contributed by atoms with van der Waals surface area (Å²) in [6.07, 6.45) is 11.8. The molecule has 5 heteroatoms. The van der Waals surface area contributed by atoms with Crippen molar-refractivity contribution in [3.05, 3.63) is 36.7 Å². The third-order valence-electron chi connectivity index (χ3n) is 4.20. The highest BCUT2D eigenvalue weighted by atomic mass is 15.3. The van der Waals surface area contributed by atoms with Crippen LogP contribution in [0, 0.1) is 0 Å². The van der Waals surface area contributed by atoms with E-state index in [4.69, 9.17) is 0 Å². The molecular weight excluding hydrogens is 238 g/mol. The van der Waals surface area contributed by atoms with Gasteiger partial charge in [-0.3, -0.25) is 9.58 Å². The van der Waals surface area contributed by atoms with Gasteiger partial charge in [-0.1, -0.05) is 0 Å². The Labute approximate surface area is 112 Å². The summed E-state index contributed by atoms with van der Waals surface area (Å²) in [6, 6.07) is 3.25. The predicted molar refractivity (Wildman–Crippen MR) is 71.7 cm³/mol. The summed E-state index contributed by atoms with van der Waals surface area (Å²) >= 11 is 0. The van der Waals surface area contributed by atoms with Crippen LogP contribution in [0.5, 0.6) is 0 Å². The van der Waals surface area contributed by atoms with Crippen LogP contribution in [0.1, 0.15) is 37.2 Å². The minimum Gasteiger partial charge on any atom is -0.331 e. The van der Waals surface area contributed by atoms with Crippen LogP contribution in [-0.4, -0.2) is 37.3 Å². The lowest BCUT2D eigenvalue weighted by Crippen LogP contribution is -2.23. The Hall–Kier alpha value is -1.62. The lowest BCUT2D eigenvalue weighted by atomic mass is 10.3. The number of nitrogens with zero attached hydrogens (tertiary/aromatic N) is 5. The smallest absolute Gasteiger partial charge is 0.123 e. The number of hydrogen-bond donors (Lipinski definition) is 0. The van der Waals surface area contributed by atoms with Crippen LogP contribution in [0.3, 0.4) is 0 Å². The van der Waals surface area contributed by atoms with E-state index in [2.05, 4.69) is 36.6 Å². The monoisotopic (exact) mass is 257 g/mol. The molecule has 1 unspecified atom stereocenters. The normalized spacial score (nSPS) is 24.1. The van der Waals surface area contributed by atoms with Crippen LogP contribution in [0.25, 0.3) is 0 Å². The van der Waals surface area contributed by atoms with E-state index in [1.54, 1.807) is 0 Å². The van der Waals surface area contributed by atoms with Gasteiger partial charge in [-0.25, -0.2) is 4.98 Å². The van der Waals surface area contributed by atoms with Crippen molar-refractivity contribution < 1.29 is 0 Å². The Kier molecular flexibility index (Phi) is 2.65. The van der Waals surface area contributed by atoms with Gasteiger partial charge in [0.25, 0.3) is 0 Å². The first kappa shape index (κ1) is 11.2. The predicted octanol–water partition coefficient (Wildman–Crippen LogP) is 1.86. The van der Waals surface area contributed by atoms with Gasteiger partial charge in [0, 0.05) is 43.9 Å². The van der Waals surface area contributed by atoms with E-state index in [0.717, 1.165) is 25.7 Å². The molecule has 2 aromatic heterocycles. The average molecular weight is 257 g/mol. The zero-order valence-corrected chi connectivity index (χ0v) is 11.0. The van der Waals surface area contributed by atoms with Crippen LogP contribution < -0.4 is 0 Å². The van der Waals surface area contributed by atoms with E-state index in [1.165, 1.54) is 25.1 Å². The molecule has 0 amide bonds. The van der Waals surface area contributed by atoms with Crippen LogP contribution >= 0.6 is 0 Å². The van der Waals surface area contributed by atoms with Crippen molar-refractivity contribution >= 4 is 0 Å². The number of aromatic nitrogens is 4. The topological polar surface area (TPSA) is 38.9 Å². The Bertz CT molecular complexity index is 540. The largest absolute Gasteiger partial charge is 0.331 e. The molecule has 3 heterocycles. The van der Waals surface area contributed by atoms with Gasteiger partial charge in [-0.2, -0.15) is 5.10 Å². The Morgan fingerprint density at radius 2 is 2.05 bits per heavy atom. The van der Waals surface area contributed by atoms with Gasteiger partial charge >= 0.3 is 0 Å². The molecule has 4 rings (SSSR count). The summed E-state index contributed by atoms with van der Waals surface area (Å²) in [4.78, 5) is 7.02. The lowest BCUT2D eigenvalue weighted by molar-refractivity contribution is 0.299. The van der Waals surface area contributed by atoms with Crippen LogP contribution in [0.4, 0.5) is 0 Å². The fourth-order valence-corrected chi connectivity index (χ4v) is 3.02. The van der Waals surface area contributed by atoms with Crippen molar-refractivity contribution in [3.8, 4) is 0 Å². The van der Waals surface area contributed by atoms with Crippen molar-refractivity contribution in [2.45, 2.75) is 37.9 Å². The van der Waals surface area contributed by atoms with Crippen molar-refractivity contribution in [3.63, 3.8) is 0 Å². The third-order valence-corrected chi connectivity index (χ3v) is 4.20. The molecule has 5 nitrogen and oxygen atoms in total. The van der Waals surface area contributed by atoms with Gasteiger partial charge in [0.15, 0.2) is 0 Å². The highest BCUT2D eigenvalue weighted by Gasteiger charge is 2.28. The molecule has 2 aliphatic rings. The maximum absolute atomic E-state index is 4.53. The number of likely N-dealkylation sites (tertiary alicyclic amines) is 1. The molecule has 2 aromatic rings. The van der Waals surface area contributed by atoms with E-state index in [1.807, 2.05) is 18.5 Å². The van der Waals surface area contributed by atoms with E-state index in [0.29, 0.717) is 6.04 Å². The summed E-state index contributed by atoms with van der Waals surface area (Å²) in [6.45, 7) is 3.20. The first-order chi connectivity index (χ1) is 9.40. The van der Waals surface area contributed by atoms with E-state index < -0.39 is 0 Å². The molecule has 1 aliphatic heterocycles. The first-order valence-corrected chi connectivity index (χ1v) is 7.13. The van der Waals surface area contributed by atoms with E-state index in [9.17, 15) is 0 Å². The van der Waals surface area contributed by atoms with Gasteiger partial charge in [0.2, 0.25) is 0 Å². The van der Waals surface area contributed by atoms with E-state index in [-0.39, 0.29) is 0 Å². The maximum atomic E-state index is 4.53. The van der Waals surface area contributed by atoms with Crippen LogP contribution in [0.15, 0.2) is 30.9 Å². The summed E-state index contributed by atoms with van der Waals surface area (Å²) in [7, 11) is 0. The second-order valence-electron chi connectivity index (χ2n) is 5.65. The zero-order chi connectivity index (χ0) is 12.7. The van der Waals surface area contributed by atoms with Crippen LogP contribution in [0.2, 0.25) is 0 Å². The molecule has 1 atom stereocenters. The van der Waals surface area contributed by atoms with Gasteiger partial charge < -0.3 is 4.57 Å². The average Bonchev–Trinajstić information content (AvgIpc) is 2.91. The lowest BCUT2D eigenvalue weighted by Gasteiger charge is -2.16. The minimum absolute atomic E-state index is 0.527. The Morgan fingerprint density at radius 3 is 2.84 bits per heavy atom. The van der Waals surface area contributed by atoms with E-state index >= 15 is 0 Å². The molecule has 0 radical (unpaired) electrons. The number of hydrogen-bond acceptors (Lipinski definition) is 3. The van der Waals surface area contributed by atoms with Crippen molar-refractivity contribution in [2.24, 2.45) is 0 Å². The molecule has 0 aromatic carbocycles. The van der Waals surface area contributed by atoms with Crippen molar-refractivity contribution in [1.29, 1.82) is 0 Å². The van der Waals surface area contributed by atoms with Gasteiger partial charge in [0.1, 0.15) is 5.82 Å². The quantitative estimate of drug-likeness (QED) is 0.839. The standard InChI is InChI=1S/C14H19N5/c1-5-16-19(7-1)13-4-8-17(10-13)11-14-15-6-9-18(14)12-2-3-12/h1,5-7,9,12-13H,2-4,8,10-11H2. The molecule has 19 heavy (non-hydrogen) atoms. The molecule has 1 aliphatic carbocycles. The summed E-state index contributed by atoms with van der Waals surface area (Å²) < 4.78 is 4.45. The van der Waals surface area contributed by atoms with Gasteiger partial charge in [-0.05, 0) is 25.3 Å². The molecular formula is C14H19N5. The summed E-state index contributed by atoms with van der Waals surface area (Å²) in [5, 5.41) is 4.35.